The fourth-order valence-corrected chi connectivity index (χ4v) is 3.73. The number of imide groups is 1. The van der Waals surface area contributed by atoms with Crippen molar-refractivity contribution < 1.29 is 24.0 Å². The van der Waals surface area contributed by atoms with Crippen LogP contribution < -0.4 is 14.4 Å². The highest BCUT2D eigenvalue weighted by atomic mass is 16.7. The predicted octanol–water partition coefficient (Wildman–Crippen LogP) is 1.29. The molecule has 2 aliphatic rings. The average Bonchev–Trinajstić information content (AvgIpc) is 3.21. The van der Waals surface area contributed by atoms with E-state index in [0.717, 1.165) is 24.1 Å². The molecule has 0 saturated carbocycles. The predicted molar refractivity (Wildman–Crippen MR) is 112 cm³/mol. The van der Waals surface area contributed by atoms with Crippen molar-refractivity contribution in [3.63, 3.8) is 0 Å². The Bertz CT molecular complexity index is 986. The van der Waals surface area contributed by atoms with Crippen molar-refractivity contribution in [2.45, 2.75) is 18.9 Å². The van der Waals surface area contributed by atoms with Gasteiger partial charge in [0.15, 0.2) is 11.5 Å². The summed E-state index contributed by atoms with van der Waals surface area (Å²) in [7, 11) is 4.20. The second kappa shape index (κ2) is 8.67. The van der Waals surface area contributed by atoms with Crippen LogP contribution in [0.5, 0.6) is 11.5 Å². The van der Waals surface area contributed by atoms with Gasteiger partial charge in [-0.05, 0) is 29.3 Å². The van der Waals surface area contributed by atoms with E-state index in [0.29, 0.717) is 23.6 Å². The van der Waals surface area contributed by atoms with Gasteiger partial charge in [-0.1, -0.05) is 24.3 Å². The molecule has 0 radical (unpaired) electrons. The summed E-state index contributed by atoms with van der Waals surface area (Å²) in [6, 6.07) is 12.7. The number of hydrogen-bond donors (Lipinski definition) is 1. The maximum Gasteiger partial charge on any atom is 0.261 e. The third kappa shape index (κ3) is 4.07. The summed E-state index contributed by atoms with van der Waals surface area (Å²) in [5, 5.41) is 0. The molecule has 0 saturated heterocycles. The number of aliphatic imine (C=N–C) groups is 1. The van der Waals surface area contributed by atoms with Gasteiger partial charge >= 0.3 is 0 Å². The first-order chi connectivity index (χ1) is 14.5. The van der Waals surface area contributed by atoms with Gasteiger partial charge < -0.3 is 14.4 Å². The number of hydrogen-bond acceptors (Lipinski definition) is 5. The van der Waals surface area contributed by atoms with Gasteiger partial charge in [0.05, 0.1) is 33.1 Å². The lowest BCUT2D eigenvalue weighted by Crippen LogP contribution is -3.05. The summed E-state index contributed by atoms with van der Waals surface area (Å²) in [4.78, 5) is 33.5. The number of benzene rings is 2. The van der Waals surface area contributed by atoms with Crippen LogP contribution in [-0.2, 0) is 11.3 Å². The van der Waals surface area contributed by atoms with E-state index < -0.39 is 5.92 Å². The standard InChI is InChI=1S/C23H25N3O4/c1-25(2)11-5-10-24-13-19-17-6-3-4-7-18(17)22(27)26(23(19)28)14-16-8-9-20-21(12-16)30-15-29-20/h3-4,6-9,12-13,19H,5,10-11,14-15H2,1-2H3/p+1. The summed E-state index contributed by atoms with van der Waals surface area (Å²) >= 11 is 0. The topological polar surface area (TPSA) is 72.6 Å². The van der Waals surface area contributed by atoms with E-state index >= 15 is 0 Å². The molecule has 0 fully saturated rings. The van der Waals surface area contributed by atoms with Crippen LogP contribution in [0.2, 0.25) is 0 Å². The highest BCUT2D eigenvalue weighted by Crippen LogP contribution is 2.34. The normalized spacial score (nSPS) is 17.8. The molecule has 2 heterocycles. The first-order valence-electron chi connectivity index (χ1n) is 10.2. The van der Waals surface area contributed by atoms with Crippen molar-refractivity contribution in [2.24, 2.45) is 4.99 Å². The molecule has 7 heteroatoms. The van der Waals surface area contributed by atoms with E-state index in [1.54, 1.807) is 18.3 Å². The van der Waals surface area contributed by atoms with Crippen LogP contribution in [-0.4, -0.2) is 56.9 Å². The monoisotopic (exact) mass is 408 g/mol. The van der Waals surface area contributed by atoms with Crippen LogP contribution >= 0.6 is 0 Å². The van der Waals surface area contributed by atoms with E-state index in [4.69, 9.17) is 9.47 Å². The molecule has 156 valence electrons. The van der Waals surface area contributed by atoms with Crippen LogP contribution in [0.1, 0.15) is 33.8 Å². The Labute approximate surface area is 175 Å². The van der Waals surface area contributed by atoms with Crippen molar-refractivity contribution in [1.29, 1.82) is 0 Å². The summed E-state index contributed by atoms with van der Waals surface area (Å²) in [5.41, 5.74) is 2.08. The van der Waals surface area contributed by atoms with Gasteiger partial charge in [-0.25, -0.2) is 0 Å². The molecule has 2 aromatic rings. The maximum atomic E-state index is 13.3. The summed E-state index contributed by atoms with van der Waals surface area (Å²) in [6.07, 6.45) is 2.65. The highest BCUT2D eigenvalue weighted by Gasteiger charge is 2.37. The fraction of sp³-hybridized carbons (Fsp3) is 0.348. The Hall–Kier alpha value is -3.19. The minimum absolute atomic E-state index is 0.178. The zero-order valence-corrected chi connectivity index (χ0v) is 17.3. The molecule has 0 aliphatic carbocycles. The molecule has 2 aliphatic heterocycles. The van der Waals surface area contributed by atoms with Gasteiger partial charge in [0.25, 0.3) is 5.91 Å². The minimum atomic E-state index is -0.556. The molecule has 1 unspecified atom stereocenters. The lowest BCUT2D eigenvalue weighted by Gasteiger charge is -2.31. The summed E-state index contributed by atoms with van der Waals surface area (Å²) in [5.74, 6) is 0.211. The Morgan fingerprint density at radius 1 is 1.13 bits per heavy atom. The molecule has 30 heavy (non-hydrogen) atoms. The Morgan fingerprint density at radius 2 is 1.93 bits per heavy atom. The molecule has 1 atom stereocenters. The average molecular weight is 408 g/mol. The molecule has 2 aromatic carbocycles. The second-order valence-electron chi connectivity index (χ2n) is 7.85. The van der Waals surface area contributed by atoms with Gasteiger partial charge in [-0.3, -0.25) is 19.5 Å². The van der Waals surface area contributed by atoms with Gasteiger partial charge in [0.1, 0.15) is 0 Å². The first-order valence-corrected chi connectivity index (χ1v) is 10.2. The van der Waals surface area contributed by atoms with E-state index in [-0.39, 0.29) is 25.2 Å². The van der Waals surface area contributed by atoms with Crippen LogP contribution in [0.15, 0.2) is 47.5 Å². The molecule has 0 bridgehead atoms. The first kappa shape index (κ1) is 20.1. The maximum absolute atomic E-state index is 13.3. The number of ether oxygens (including phenoxy) is 2. The molecule has 2 amide bonds. The molecule has 7 nitrogen and oxygen atoms in total. The van der Waals surface area contributed by atoms with E-state index in [1.807, 2.05) is 30.3 Å². The summed E-state index contributed by atoms with van der Waals surface area (Å²) in [6.45, 7) is 2.03. The van der Waals surface area contributed by atoms with Gasteiger partial charge in [-0.15, -0.1) is 0 Å². The van der Waals surface area contributed by atoms with Gasteiger partial charge in [0, 0.05) is 24.7 Å². The molecular weight excluding hydrogens is 382 g/mol. The number of quaternary nitrogens is 1. The van der Waals surface area contributed by atoms with Crippen molar-refractivity contribution in [2.75, 3.05) is 34.0 Å². The van der Waals surface area contributed by atoms with Crippen LogP contribution in [0.3, 0.4) is 0 Å². The Morgan fingerprint density at radius 3 is 2.77 bits per heavy atom. The van der Waals surface area contributed by atoms with Crippen molar-refractivity contribution in [1.82, 2.24) is 4.90 Å². The van der Waals surface area contributed by atoms with E-state index in [2.05, 4.69) is 19.1 Å². The molecular formula is C23H26N3O4+. The van der Waals surface area contributed by atoms with Crippen molar-refractivity contribution >= 4 is 18.0 Å². The van der Waals surface area contributed by atoms with Crippen LogP contribution in [0.4, 0.5) is 0 Å². The number of amides is 2. The molecule has 1 N–H and O–H groups in total. The van der Waals surface area contributed by atoms with Crippen molar-refractivity contribution in [3.05, 3.63) is 59.2 Å². The number of carbonyl (C=O) groups excluding carboxylic acids is 2. The number of nitrogens with one attached hydrogen (secondary N) is 1. The Kier molecular flexibility index (Phi) is 5.81. The third-order valence-electron chi connectivity index (χ3n) is 5.30. The lowest BCUT2D eigenvalue weighted by atomic mass is 9.89. The zero-order chi connectivity index (χ0) is 21.1. The zero-order valence-electron chi connectivity index (χ0n) is 17.3. The molecule has 0 aromatic heterocycles. The smallest absolute Gasteiger partial charge is 0.261 e. The SMILES string of the molecule is C[NH+](C)CCCN=CC1C(=O)N(Cc2ccc3c(c2)OCO3)C(=O)c2ccccc21. The third-order valence-corrected chi connectivity index (χ3v) is 5.30. The van der Waals surface area contributed by atoms with E-state index in [9.17, 15) is 9.59 Å². The summed E-state index contributed by atoms with van der Waals surface area (Å²) < 4.78 is 10.8. The number of rotatable bonds is 7. The lowest BCUT2D eigenvalue weighted by molar-refractivity contribution is -0.858. The minimum Gasteiger partial charge on any atom is -0.454 e. The largest absolute Gasteiger partial charge is 0.454 e. The van der Waals surface area contributed by atoms with Crippen LogP contribution in [0.25, 0.3) is 0 Å². The van der Waals surface area contributed by atoms with Crippen LogP contribution in [0, 0.1) is 0 Å². The fourth-order valence-electron chi connectivity index (χ4n) is 3.73. The van der Waals surface area contributed by atoms with Gasteiger partial charge in [-0.2, -0.15) is 0 Å². The number of fused-ring (bicyclic) bond motifs is 2. The quantitative estimate of drug-likeness (QED) is 0.426. The highest BCUT2D eigenvalue weighted by molar-refractivity contribution is 6.16. The number of carbonyl (C=O) groups is 2. The van der Waals surface area contributed by atoms with Crippen molar-refractivity contribution in [3.8, 4) is 11.5 Å². The number of nitrogens with zero attached hydrogens (tertiary/aromatic N) is 2. The molecule has 4 rings (SSSR count). The second-order valence-corrected chi connectivity index (χ2v) is 7.85. The molecule has 0 spiro atoms. The van der Waals surface area contributed by atoms with E-state index in [1.165, 1.54) is 9.80 Å². The Balaban J connectivity index is 1.57. The van der Waals surface area contributed by atoms with Gasteiger partial charge in [0.2, 0.25) is 12.7 Å².